The number of rotatable bonds is 3. The molecular weight excluding hydrogens is 332 g/mol. The second kappa shape index (κ2) is 6.06. The van der Waals surface area contributed by atoms with Crippen molar-refractivity contribution in [3.05, 3.63) is 46.2 Å². The van der Waals surface area contributed by atoms with Crippen LogP contribution in [0.4, 0.5) is 17.6 Å². The zero-order chi connectivity index (χ0) is 18.2. The van der Waals surface area contributed by atoms with Crippen LogP contribution in [0, 0.1) is 26.7 Å². The normalized spacial score (nSPS) is 11.5. The van der Waals surface area contributed by atoms with E-state index < -0.39 is 46.4 Å². The Balaban J connectivity index is 2.64. The summed E-state index contributed by atoms with van der Waals surface area (Å²) in [5.41, 5.74) is -2.67. The second-order valence-corrected chi connectivity index (χ2v) is 5.00. The van der Waals surface area contributed by atoms with Gasteiger partial charge in [-0.25, -0.2) is 14.8 Å². The van der Waals surface area contributed by atoms with Gasteiger partial charge in [-0.15, -0.1) is 0 Å². The Labute approximate surface area is 133 Å². The van der Waals surface area contributed by atoms with Crippen molar-refractivity contribution >= 4 is 5.97 Å². The number of aryl methyl sites for hydroxylation is 2. The number of aromatic carboxylic acids is 1. The third-order valence-corrected chi connectivity index (χ3v) is 3.30. The molecule has 5 nitrogen and oxygen atoms in total. The first kappa shape index (κ1) is 17.6. The van der Waals surface area contributed by atoms with Crippen molar-refractivity contribution < 1.29 is 32.2 Å². The molecule has 2 aromatic heterocycles. The maximum Gasteiger partial charge on any atom is 0.418 e. The Hall–Kier alpha value is -2.71. The van der Waals surface area contributed by atoms with Crippen LogP contribution in [0.3, 0.4) is 0 Å². The minimum absolute atomic E-state index is 0.00930. The highest BCUT2D eigenvalue weighted by molar-refractivity contribution is 5.92. The minimum Gasteiger partial charge on any atom is -0.477 e. The number of alkyl halides is 3. The van der Waals surface area contributed by atoms with Gasteiger partial charge in [0.05, 0.1) is 17.0 Å². The van der Waals surface area contributed by atoms with E-state index >= 15 is 0 Å². The van der Waals surface area contributed by atoms with Gasteiger partial charge in [0.2, 0.25) is 11.8 Å². The molecule has 1 N–H and O–H groups in total. The molecule has 0 saturated carbocycles. The van der Waals surface area contributed by atoms with Crippen LogP contribution in [0.25, 0.3) is 0 Å². The lowest BCUT2D eigenvalue weighted by atomic mass is 10.0. The van der Waals surface area contributed by atoms with E-state index in [1.54, 1.807) is 0 Å². The topological polar surface area (TPSA) is 72.3 Å². The standard InChI is InChI=1S/C15H12F4N2O3/c1-6-11(14(22)23)13(21-8(3)12(6)15(17,18)19)24-9-4-5-10(16)20-7(9)2/h4-5H,1-3H3,(H,22,23). The predicted molar refractivity (Wildman–Crippen MR) is 74.7 cm³/mol. The summed E-state index contributed by atoms with van der Waals surface area (Å²) in [6.07, 6.45) is -4.75. The SMILES string of the molecule is Cc1nc(F)ccc1Oc1nc(C)c(C(F)(F)F)c(C)c1C(=O)O. The molecule has 0 aromatic carbocycles. The molecule has 0 radical (unpaired) electrons. The predicted octanol–water partition coefficient (Wildman–Crippen LogP) is 4.05. The van der Waals surface area contributed by atoms with Crippen molar-refractivity contribution in [2.75, 3.05) is 0 Å². The molecule has 9 heteroatoms. The van der Waals surface area contributed by atoms with Crippen LogP contribution in [0.5, 0.6) is 11.6 Å². The maximum atomic E-state index is 13.1. The monoisotopic (exact) mass is 344 g/mol. The fourth-order valence-corrected chi connectivity index (χ4v) is 2.29. The molecular formula is C15H12F4N2O3. The van der Waals surface area contributed by atoms with Crippen LogP contribution >= 0.6 is 0 Å². The number of nitrogens with zero attached hydrogens (tertiary/aromatic N) is 2. The lowest BCUT2D eigenvalue weighted by Gasteiger charge is -2.18. The molecule has 0 atom stereocenters. The Morgan fingerprint density at radius 3 is 2.25 bits per heavy atom. The Kier molecular flexibility index (Phi) is 4.46. The molecule has 2 aromatic rings. The number of carboxylic acid groups (broad SMARTS) is 1. The Morgan fingerprint density at radius 2 is 1.75 bits per heavy atom. The number of pyridine rings is 2. The van der Waals surface area contributed by atoms with E-state index in [2.05, 4.69) is 9.97 Å². The van der Waals surface area contributed by atoms with E-state index in [-0.39, 0.29) is 11.4 Å². The number of halogens is 4. The maximum absolute atomic E-state index is 13.1. The Morgan fingerprint density at radius 1 is 1.12 bits per heavy atom. The van der Waals surface area contributed by atoms with Gasteiger partial charge in [-0.1, -0.05) is 0 Å². The van der Waals surface area contributed by atoms with Crippen molar-refractivity contribution in [1.82, 2.24) is 9.97 Å². The van der Waals surface area contributed by atoms with Crippen LogP contribution in [0.15, 0.2) is 12.1 Å². The molecule has 24 heavy (non-hydrogen) atoms. The average Bonchev–Trinajstić information content (AvgIpc) is 2.39. The van der Waals surface area contributed by atoms with E-state index in [0.717, 1.165) is 19.9 Å². The number of ether oxygens (including phenoxy) is 1. The first-order valence-electron chi connectivity index (χ1n) is 6.65. The highest BCUT2D eigenvalue weighted by Crippen LogP contribution is 2.38. The number of carbonyl (C=O) groups is 1. The van der Waals surface area contributed by atoms with Crippen LogP contribution < -0.4 is 4.74 Å². The number of hydrogen-bond acceptors (Lipinski definition) is 4. The summed E-state index contributed by atoms with van der Waals surface area (Å²) >= 11 is 0. The van der Waals surface area contributed by atoms with Crippen molar-refractivity contribution in [3.8, 4) is 11.6 Å². The third kappa shape index (κ3) is 3.29. The first-order chi connectivity index (χ1) is 11.0. The van der Waals surface area contributed by atoms with E-state index in [1.165, 1.54) is 13.0 Å². The zero-order valence-corrected chi connectivity index (χ0v) is 12.8. The van der Waals surface area contributed by atoms with Crippen molar-refractivity contribution in [3.63, 3.8) is 0 Å². The molecule has 2 rings (SSSR count). The van der Waals surface area contributed by atoms with Crippen LogP contribution in [-0.4, -0.2) is 21.0 Å². The Bertz CT molecular complexity index is 819. The summed E-state index contributed by atoms with van der Waals surface area (Å²) in [5.74, 6) is -2.91. The molecule has 0 aliphatic carbocycles. The lowest BCUT2D eigenvalue weighted by molar-refractivity contribution is -0.138. The van der Waals surface area contributed by atoms with E-state index in [1.807, 2.05) is 0 Å². The molecule has 0 aliphatic heterocycles. The molecule has 0 amide bonds. The zero-order valence-electron chi connectivity index (χ0n) is 12.8. The quantitative estimate of drug-likeness (QED) is 0.672. The van der Waals surface area contributed by atoms with Gasteiger partial charge >= 0.3 is 12.1 Å². The summed E-state index contributed by atoms with van der Waals surface area (Å²) in [6, 6.07) is 2.17. The van der Waals surface area contributed by atoms with E-state index in [9.17, 15) is 27.5 Å². The van der Waals surface area contributed by atoms with Crippen molar-refractivity contribution in [1.29, 1.82) is 0 Å². The highest BCUT2D eigenvalue weighted by Gasteiger charge is 2.38. The van der Waals surface area contributed by atoms with Gasteiger partial charge in [-0.3, -0.25) is 0 Å². The van der Waals surface area contributed by atoms with Gasteiger partial charge < -0.3 is 9.84 Å². The first-order valence-corrected chi connectivity index (χ1v) is 6.65. The molecule has 128 valence electrons. The molecule has 0 spiro atoms. The van der Waals surface area contributed by atoms with Gasteiger partial charge in [-0.05, 0) is 38.5 Å². The molecule has 0 unspecified atom stereocenters. The summed E-state index contributed by atoms with van der Waals surface area (Å²) in [5, 5.41) is 9.26. The van der Waals surface area contributed by atoms with E-state index in [0.29, 0.717) is 0 Å². The summed E-state index contributed by atoms with van der Waals surface area (Å²) in [7, 11) is 0. The fourth-order valence-electron chi connectivity index (χ4n) is 2.29. The van der Waals surface area contributed by atoms with Gasteiger partial charge in [0, 0.05) is 0 Å². The van der Waals surface area contributed by atoms with Gasteiger partial charge in [0.15, 0.2) is 5.75 Å². The number of aromatic nitrogens is 2. The summed E-state index contributed by atoms with van der Waals surface area (Å²) in [4.78, 5) is 18.5. The minimum atomic E-state index is -4.75. The second-order valence-electron chi connectivity index (χ2n) is 5.00. The number of hydrogen-bond donors (Lipinski definition) is 1. The van der Waals surface area contributed by atoms with Crippen molar-refractivity contribution in [2.45, 2.75) is 26.9 Å². The van der Waals surface area contributed by atoms with Crippen molar-refractivity contribution in [2.24, 2.45) is 0 Å². The highest BCUT2D eigenvalue weighted by atomic mass is 19.4. The average molecular weight is 344 g/mol. The van der Waals surface area contributed by atoms with Crippen LogP contribution in [-0.2, 0) is 6.18 Å². The van der Waals surface area contributed by atoms with Crippen LogP contribution in [0.2, 0.25) is 0 Å². The number of carboxylic acids is 1. The van der Waals surface area contributed by atoms with E-state index in [4.69, 9.17) is 4.74 Å². The lowest BCUT2D eigenvalue weighted by Crippen LogP contribution is -2.16. The van der Waals surface area contributed by atoms with Gasteiger partial charge in [-0.2, -0.15) is 17.6 Å². The smallest absolute Gasteiger partial charge is 0.418 e. The summed E-state index contributed by atoms with van der Waals surface area (Å²) < 4.78 is 57.6. The molecule has 0 bridgehead atoms. The summed E-state index contributed by atoms with van der Waals surface area (Å²) in [6.45, 7) is 3.54. The molecule has 0 aliphatic rings. The largest absolute Gasteiger partial charge is 0.477 e. The molecule has 0 fully saturated rings. The molecule has 0 saturated heterocycles. The molecule has 2 heterocycles. The van der Waals surface area contributed by atoms with Crippen LogP contribution in [0.1, 0.15) is 32.9 Å². The fraction of sp³-hybridized carbons (Fsp3) is 0.267. The third-order valence-electron chi connectivity index (χ3n) is 3.30. The van der Waals surface area contributed by atoms with Gasteiger partial charge in [0.1, 0.15) is 5.56 Å². The van der Waals surface area contributed by atoms with Gasteiger partial charge in [0.25, 0.3) is 0 Å².